The third kappa shape index (κ3) is 5.09. The molecule has 0 bridgehead atoms. The van der Waals surface area contributed by atoms with Crippen LogP contribution in [0.1, 0.15) is 28.9 Å². The number of imide groups is 1. The maximum atomic E-state index is 14.5. The Morgan fingerprint density at radius 3 is 2.32 bits per heavy atom. The SMILES string of the molecule is CS(=O)(=O)c1cccnc1CN1CCC2(CC1)C(=O)N(c1ccccc1-c1ccc(C(=O)O)cc1)C(=O)N2c1ccncn1. The second-order valence-electron chi connectivity index (χ2n) is 10.8. The second kappa shape index (κ2) is 11.2. The number of carbonyl (C=O) groups excluding carboxylic acids is 2. The molecule has 3 amide bonds. The number of rotatable bonds is 7. The zero-order valence-corrected chi connectivity index (χ0v) is 24.5. The van der Waals surface area contributed by atoms with E-state index in [4.69, 9.17) is 0 Å². The van der Waals surface area contributed by atoms with Gasteiger partial charge in [-0.05, 0) is 54.8 Å². The molecule has 0 radical (unpaired) electrons. The number of carbonyl (C=O) groups is 3. The number of likely N-dealkylation sites (tertiary alicyclic amines) is 1. The van der Waals surface area contributed by atoms with Gasteiger partial charge in [0.1, 0.15) is 17.7 Å². The molecule has 4 heterocycles. The van der Waals surface area contributed by atoms with Crippen LogP contribution in [0.3, 0.4) is 0 Å². The Balaban J connectivity index is 1.35. The summed E-state index contributed by atoms with van der Waals surface area (Å²) in [5.74, 6) is -1.16. The highest BCUT2D eigenvalue weighted by atomic mass is 32.2. The quantitative estimate of drug-likeness (QED) is 0.306. The van der Waals surface area contributed by atoms with Crippen LogP contribution < -0.4 is 9.80 Å². The van der Waals surface area contributed by atoms with Crippen LogP contribution >= 0.6 is 0 Å². The summed E-state index contributed by atoms with van der Waals surface area (Å²) < 4.78 is 24.7. The molecule has 2 aliphatic heterocycles. The standard InChI is InChI=1S/C31H28N6O6S/c1-44(42,43)26-7-4-15-33-24(26)19-35-17-13-31(14-18-35)29(40)36(30(41)37(31)27-12-16-32-20-34-27)25-6-3-2-5-23(25)21-8-10-22(11-9-21)28(38)39/h2-12,15-16,20H,13-14,17-19H2,1H3,(H,38,39). The number of para-hydroxylation sites is 1. The molecular weight excluding hydrogens is 584 g/mol. The Morgan fingerprint density at radius 1 is 0.932 bits per heavy atom. The van der Waals surface area contributed by atoms with E-state index >= 15 is 0 Å². The van der Waals surface area contributed by atoms with Crippen LogP contribution in [0.15, 0.2) is 90.3 Å². The Kier molecular flexibility index (Phi) is 7.43. The van der Waals surface area contributed by atoms with Crippen LogP contribution in [0.4, 0.5) is 16.3 Å². The fourth-order valence-electron chi connectivity index (χ4n) is 5.93. The van der Waals surface area contributed by atoms with E-state index in [-0.39, 0.29) is 29.8 Å². The van der Waals surface area contributed by atoms with Crippen molar-refractivity contribution in [3.63, 3.8) is 0 Å². The highest BCUT2D eigenvalue weighted by molar-refractivity contribution is 7.90. The van der Waals surface area contributed by atoms with Crippen molar-refractivity contribution in [2.45, 2.75) is 29.8 Å². The number of piperidine rings is 1. The van der Waals surface area contributed by atoms with E-state index in [1.54, 1.807) is 54.7 Å². The van der Waals surface area contributed by atoms with Gasteiger partial charge in [-0.2, -0.15) is 0 Å². The van der Waals surface area contributed by atoms with E-state index in [9.17, 15) is 27.9 Å². The Morgan fingerprint density at radius 2 is 1.66 bits per heavy atom. The number of sulfone groups is 1. The first kappa shape index (κ1) is 29.1. The second-order valence-corrected chi connectivity index (χ2v) is 12.7. The third-order valence-corrected chi connectivity index (χ3v) is 9.27. The maximum Gasteiger partial charge on any atom is 0.338 e. The number of hydrogen-bond donors (Lipinski definition) is 1. The molecule has 0 saturated carbocycles. The minimum atomic E-state index is -3.49. The van der Waals surface area contributed by atoms with E-state index < -0.39 is 33.3 Å². The van der Waals surface area contributed by atoms with Gasteiger partial charge < -0.3 is 5.11 Å². The first-order chi connectivity index (χ1) is 21.1. The molecule has 1 spiro atoms. The van der Waals surface area contributed by atoms with Crippen LogP contribution in [0.5, 0.6) is 0 Å². The minimum Gasteiger partial charge on any atom is -0.478 e. The molecule has 1 N–H and O–H groups in total. The number of aromatic carboxylic acids is 1. The number of anilines is 2. The van der Waals surface area contributed by atoms with Gasteiger partial charge in [0.15, 0.2) is 9.84 Å². The van der Waals surface area contributed by atoms with E-state index in [0.717, 1.165) is 6.26 Å². The first-order valence-electron chi connectivity index (χ1n) is 13.8. The van der Waals surface area contributed by atoms with Gasteiger partial charge in [-0.1, -0.05) is 30.3 Å². The van der Waals surface area contributed by atoms with Gasteiger partial charge in [-0.25, -0.2) is 32.9 Å². The zero-order chi connectivity index (χ0) is 31.1. The topological polar surface area (TPSA) is 154 Å². The molecule has 6 rings (SSSR count). The molecule has 4 aromatic rings. The Labute approximate surface area is 253 Å². The number of amides is 3. The van der Waals surface area contributed by atoms with Crippen LogP contribution in [0.25, 0.3) is 11.1 Å². The number of urea groups is 1. The van der Waals surface area contributed by atoms with Crippen LogP contribution in [0.2, 0.25) is 0 Å². The van der Waals surface area contributed by atoms with E-state index in [1.807, 2.05) is 4.90 Å². The molecular formula is C31H28N6O6S. The number of aromatic nitrogens is 3. The first-order valence-corrected chi connectivity index (χ1v) is 15.7. The summed E-state index contributed by atoms with van der Waals surface area (Å²) >= 11 is 0. The lowest BCUT2D eigenvalue weighted by atomic mass is 9.85. The summed E-state index contributed by atoms with van der Waals surface area (Å²) in [5.41, 5.74) is 0.910. The fraction of sp³-hybridized carbons (Fsp3) is 0.226. The van der Waals surface area contributed by atoms with Gasteiger partial charge in [-0.3, -0.25) is 19.6 Å². The summed E-state index contributed by atoms with van der Waals surface area (Å²) in [6, 6.07) is 17.4. The predicted octanol–water partition coefficient (Wildman–Crippen LogP) is 3.65. The summed E-state index contributed by atoms with van der Waals surface area (Å²) in [5, 5.41) is 9.32. The van der Waals surface area contributed by atoms with Crippen molar-refractivity contribution in [2.24, 2.45) is 0 Å². The number of hydrogen-bond acceptors (Lipinski definition) is 9. The summed E-state index contributed by atoms with van der Waals surface area (Å²) in [7, 11) is -3.49. The average molecular weight is 613 g/mol. The molecule has 224 valence electrons. The van der Waals surface area contributed by atoms with Crippen molar-refractivity contribution < 1.29 is 27.9 Å². The van der Waals surface area contributed by atoms with Gasteiger partial charge in [0.2, 0.25) is 0 Å². The number of nitrogens with zero attached hydrogens (tertiary/aromatic N) is 6. The molecule has 0 atom stereocenters. The van der Waals surface area contributed by atoms with Crippen molar-refractivity contribution in [3.05, 3.63) is 96.7 Å². The van der Waals surface area contributed by atoms with Crippen molar-refractivity contribution >= 4 is 39.3 Å². The molecule has 13 heteroatoms. The fourth-order valence-corrected chi connectivity index (χ4v) is 6.81. The minimum absolute atomic E-state index is 0.120. The van der Waals surface area contributed by atoms with Crippen molar-refractivity contribution in [1.82, 2.24) is 19.9 Å². The predicted molar refractivity (Wildman–Crippen MR) is 161 cm³/mol. The Hall–Kier alpha value is -5.01. The largest absolute Gasteiger partial charge is 0.478 e. The molecule has 2 aromatic heterocycles. The summed E-state index contributed by atoms with van der Waals surface area (Å²) in [6.07, 6.45) is 6.08. The number of pyridine rings is 1. The smallest absolute Gasteiger partial charge is 0.338 e. The van der Waals surface area contributed by atoms with Crippen LogP contribution in [0, 0.1) is 0 Å². The monoisotopic (exact) mass is 612 g/mol. The lowest BCUT2D eigenvalue weighted by molar-refractivity contribution is -0.123. The summed E-state index contributed by atoms with van der Waals surface area (Å²) in [4.78, 5) is 57.6. The molecule has 2 fully saturated rings. The normalized spacial score (nSPS) is 16.9. The molecule has 0 aliphatic carbocycles. The van der Waals surface area contributed by atoms with Gasteiger partial charge in [-0.15, -0.1) is 0 Å². The highest BCUT2D eigenvalue weighted by Crippen LogP contribution is 2.44. The summed E-state index contributed by atoms with van der Waals surface area (Å²) in [6.45, 7) is 1.06. The van der Waals surface area contributed by atoms with Crippen LogP contribution in [-0.4, -0.2) is 76.2 Å². The molecule has 0 unspecified atom stereocenters. The highest BCUT2D eigenvalue weighted by Gasteiger charge is 2.60. The van der Waals surface area contributed by atoms with Gasteiger partial charge in [0, 0.05) is 43.8 Å². The third-order valence-electron chi connectivity index (χ3n) is 8.10. The van der Waals surface area contributed by atoms with E-state index in [2.05, 4.69) is 15.0 Å². The van der Waals surface area contributed by atoms with Gasteiger partial charge in [0.25, 0.3) is 5.91 Å². The molecule has 44 heavy (non-hydrogen) atoms. The molecule has 12 nitrogen and oxygen atoms in total. The van der Waals surface area contributed by atoms with Gasteiger partial charge in [0.05, 0.1) is 21.8 Å². The lowest BCUT2D eigenvalue weighted by Crippen LogP contribution is -2.57. The van der Waals surface area contributed by atoms with Crippen molar-refractivity contribution in [2.75, 3.05) is 29.1 Å². The zero-order valence-electron chi connectivity index (χ0n) is 23.7. The molecule has 2 aromatic carbocycles. The number of carboxylic acids is 1. The van der Waals surface area contributed by atoms with Crippen molar-refractivity contribution in [1.29, 1.82) is 0 Å². The number of carboxylic acid groups (broad SMARTS) is 1. The Bertz CT molecular complexity index is 1860. The van der Waals surface area contributed by atoms with Crippen molar-refractivity contribution in [3.8, 4) is 11.1 Å². The number of benzene rings is 2. The van der Waals surface area contributed by atoms with Crippen LogP contribution in [-0.2, 0) is 21.2 Å². The van der Waals surface area contributed by atoms with Gasteiger partial charge >= 0.3 is 12.0 Å². The van der Waals surface area contributed by atoms with E-state index in [0.29, 0.717) is 41.4 Å². The maximum absolute atomic E-state index is 14.5. The molecule has 2 saturated heterocycles. The lowest BCUT2D eigenvalue weighted by Gasteiger charge is -2.41. The average Bonchev–Trinajstić information content (AvgIpc) is 3.23. The van der Waals surface area contributed by atoms with E-state index in [1.165, 1.54) is 40.5 Å². The molecule has 2 aliphatic rings.